The minimum atomic E-state index is -3.84. The maximum Gasteiger partial charge on any atom is 0.322 e. The number of benzene rings is 1. The first kappa shape index (κ1) is 14.8. The van der Waals surface area contributed by atoms with Gasteiger partial charge in [0.25, 0.3) is 0 Å². The number of rotatable bonds is 4. The number of hydrogen-bond donors (Lipinski definition) is 2. The molecule has 0 aliphatic carbocycles. The first-order valence-electron chi connectivity index (χ1n) is 6.49. The molecule has 0 amide bonds. The predicted molar refractivity (Wildman–Crippen MR) is 75.7 cm³/mol. The first-order chi connectivity index (χ1) is 9.40. The fourth-order valence-electron chi connectivity index (χ4n) is 2.36. The van der Waals surface area contributed by atoms with Crippen LogP contribution in [0.3, 0.4) is 0 Å². The molecule has 7 heteroatoms. The van der Waals surface area contributed by atoms with Crippen LogP contribution in [0.4, 0.5) is 5.69 Å². The smallest absolute Gasteiger partial charge is 0.322 e. The van der Waals surface area contributed by atoms with E-state index in [4.69, 9.17) is 5.11 Å². The number of anilines is 1. The molecule has 1 saturated heterocycles. The van der Waals surface area contributed by atoms with Gasteiger partial charge < -0.3 is 5.11 Å². The highest BCUT2D eigenvalue weighted by molar-refractivity contribution is 7.90. The number of hydrogen-bond acceptors (Lipinski definition) is 3. The van der Waals surface area contributed by atoms with Gasteiger partial charge >= 0.3 is 16.2 Å². The van der Waals surface area contributed by atoms with E-state index in [0.717, 1.165) is 16.3 Å². The van der Waals surface area contributed by atoms with Crippen molar-refractivity contribution in [2.75, 3.05) is 11.3 Å². The molecule has 1 heterocycles. The van der Waals surface area contributed by atoms with Gasteiger partial charge in [0.15, 0.2) is 0 Å². The van der Waals surface area contributed by atoms with Crippen LogP contribution in [-0.4, -0.2) is 36.4 Å². The topological polar surface area (TPSA) is 86.7 Å². The van der Waals surface area contributed by atoms with Crippen LogP contribution in [0.15, 0.2) is 24.3 Å². The minimum absolute atomic E-state index is 0.234. The summed E-state index contributed by atoms with van der Waals surface area (Å²) in [4.78, 5) is 11.2. The maximum absolute atomic E-state index is 12.3. The number of carboxylic acid groups (broad SMARTS) is 1. The molecule has 1 atom stereocenters. The molecule has 6 nitrogen and oxygen atoms in total. The van der Waals surface area contributed by atoms with Gasteiger partial charge in [-0.25, -0.2) is 0 Å². The number of aryl methyl sites for hydroxylation is 1. The van der Waals surface area contributed by atoms with Crippen molar-refractivity contribution in [3.63, 3.8) is 0 Å². The second kappa shape index (κ2) is 5.80. The summed E-state index contributed by atoms with van der Waals surface area (Å²) >= 11 is 0. The summed E-state index contributed by atoms with van der Waals surface area (Å²) in [6.07, 6.45) is 1.76. The summed E-state index contributed by atoms with van der Waals surface area (Å²) in [5.41, 5.74) is 1.37. The fraction of sp³-hybridized carbons (Fsp3) is 0.462. The molecule has 1 unspecified atom stereocenters. The Balaban J connectivity index is 2.22. The molecule has 2 N–H and O–H groups in total. The molecule has 1 aromatic carbocycles. The molecule has 2 rings (SSSR count). The zero-order chi connectivity index (χ0) is 14.8. The normalized spacial score (nSPS) is 20.6. The van der Waals surface area contributed by atoms with Crippen LogP contribution in [0, 0.1) is 6.92 Å². The van der Waals surface area contributed by atoms with Gasteiger partial charge in [-0.3, -0.25) is 9.52 Å². The molecule has 1 aliphatic rings. The second-order valence-electron chi connectivity index (χ2n) is 4.94. The van der Waals surface area contributed by atoms with Gasteiger partial charge in [-0.1, -0.05) is 12.1 Å². The molecule has 0 radical (unpaired) electrons. The third-order valence-electron chi connectivity index (χ3n) is 3.31. The van der Waals surface area contributed by atoms with Crippen molar-refractivity contribution in [1.82, 2.24) is 4.31 Å². The Hall–Kier alpha value is -1.60. The van der Waals surface area contributed by atoms with Gasteiger partial charge in [-0.15, -0.1) is 0 Å². The zero-order valence-corrected chi connectivity index (χ0v) is 12.1. The molecule has 0 bridgehead atoms. The molecule has 1 aliphatic heterocycles. The van der Waals surface area contributed by atoms with Crippen LogP contribution >= 0.6 is 0 Å². The van der Waals surface area contributed by atoms with Crippen LogP contribution in [-0.2, 0) is 15.0 Å². The minimum Gasteiger partial charge on any atom is -0.480 e. The molecule has 1 aromatic rings. The summed E-state index contributed by atoms with van der Waals surface area (Å²) in [5.74, 6) is -1.10. The lowest BCUT2D eigenvalue weighted by Crippen LogP contribution is -2.49. The highest BCUT2D eigenvalue weighted by atomic mass is 32.2. The lowest BCUT2D eigenvalue weighted by molar-refractivity contribution is -0.142. The molecular weight excluding hydrogens is 280 g/mol. The van der Waals surface area contributed by atoms with E-state index < -0.39 is 22.2 Å². The molecule has 0 spiro atoms. The molecule has 0 saturated carbocycles. The molecule has 20 heavy (non-hydrogen) atoms. The average molecular weight is 298 g/mol. The molecule has 110 valence electrons. The van der Waals surface area contributed by atoms with E-state index in [9.17, 15) is 13.2 Å². The Morgan fingerprint density at radius 1 is 1.40 bits per heavy atom. The van der Waals surface area contributed by atoms with E-state index in [1.807, 2.05) is 13.0 Å². The van der Waals surface area contributed by atoms with Gasteiger partial charge in [0.2, 0.25) is 0 Å². The number of carbonyl (C=O) groups is 1. The van der Waals surface area contributed by atoms with Gasteiger partial charge in [0.1, 0.15) is 6.04 Å². The van der Waals surface area contributed by atoms with Crippen molar-refractivity contribution < 1.29 is 18.3 Å². The van der Waals surface area contributed by atoms with Gasteiger partial charge in [0, 0.05) is 6.54 Å². The van der Waals surface area contributed by atoms with E-state index in [-0.39, 0.29) is 6.54 Å². The number of aliphatic carboxylic acids is 1. The van der Waals surface area contributed by atoms with Gasteiger partial charge in [-0.2, -0.15) is 12.7 Å². The summed E-state index contributed by atoms with van der Waals surface area (Å²) in [6.45, 7) is 2.09. The van der Waals surface area contributed by atoms with Crippen molar-refractivity contribution >= 4 is 21.9 Å². The monoisotopic (exact) mass is 298 g/mol. The largest absolute Gasteiger partial charge is 0.480 e. The Morgan fingerprint density at radius 2 is 2.15 bits per heavy atom. The van der Waals surface area contributed by atoms with Crippen molar-refractivity contribution in [1.29, 1.82) is 0 Å². The summed E-state index contributed by atoms with van der Waals surface area (Å²) in [7, 11) is -3.84. The molecular formula is C13H18N2O4S. The van der Waals surface area contributed by atoms with Crippen molar-refractivity contribution in [2.24, 2.45) is 0 Å². The predicted octanol–water partition coefficient (Wildman–Crippen LogP) is 1.59. The summed E-state index contributed by atoms with van der Waals surface area (Å²) in [6, 6.07) is 5.98. The number of nitrogens with zero attached hydrogens (tertiary/aromatic N) is 1. The zero-order valence-electron chi connectivity index (χ0n) is 11.2. The van der Waals surface area contributed by atoms with E-state index in [2.05, 4.69) is 4.72 Å². The molecule has 0 aromatic heterocycles. The maximum atomic E-state index is 12.3. The van der Waals surface area contributed by atoms with E-state index in [0.29, 0.717) is 18.5 Å². The Labute approximate surface area is 118 Å². The molecule has 1 fully saturated rings. The summed E-state index contributed by atoms with van der Waals surface area (Å²) in [5, 5.41) is 9.15. The van der Waals surface area contributed by atoms with Crippen molar-refractivity contribution in [3.8, 4) is 0 Å². The van der Waals surface area contributed by atoms with Crippen LogP contribution in [0.5, 0.6) is 0 Å². The average Bonchev–Trinajstić information content (AvgIpc) is 2.38. The van der Waals surface area contributed by atoms with Crippen LogP contribution in [0.2, 0.25) is 0 Å². The third kappa shape index (κ3) is 3.29. The third-order valence-corrected chi connectivity index (χ3v) is 4.86. The lowest BCUT2D eigenvalue weighted by atomic mass is 10.1. The van der Waals surface area contributed by atoms with E-state index in [1.54, 1.807) is 18.2 Å². The van der Waals surface area contributed by atoms with E-state index >= 15 is 0 Å². The lowest BCUT2D eigenvalue weighted by Gasteiger charge is -2.31. The van der Waals surface area contributed by atoms with Gasteiger partial charge in [0.05, 0.1) is 5.69 Å². The number of piperidine rings is 1. The Kier molecular flexibility index (Phi) is 4.29. The van der Waals surface area contributed by atoms with E-state index in [1.165, 1.54) is 0 Å². The fourth-order valence-corrected chi connectivity index (χ4v) is 3.80. The Bertz CT molecular complexity index is 600. The van der Waals surface area contributed by atoms with Crippen LogP contribution < -0.4 is 4.72 Å². The first-order valence-corrected chi connectivity index (χ1v) is 7.93. The number of carboxylic acids is 1. The number of nitrogens with one attached hydrogen (secondary N) is 1. The highest BCUT2D eigenvalue weighted by Crippen LogP contribution is 2.22. The van der Waals surface area contributed by atoms with Gasteiger partial charge in [-0.05, 0) is 43.9 Å². The SMILES string of the molecule is Cc1cccc(NS(=O)(=O)N2CCCCC2C(=O)O)c1. The Morgan fingerprint density at radius 3 is 2.80 bits per heavy atom. The van der Waals surface area contributed by atoms with Crippen molar-refractivity contribution in [3.05, 3.63) is 29.8 Å². The summed E-state index contributed by atoms with van der Waals surface area (Å²) < 4.78 is 28.2. The van der Waals surface area contributed by atoms with Crippen LogP contribution in [0.25, 0.3) is 0 Å². The van der Waals surface area contributed by atoms with Crippen molar-refractivity contribution in [2.45, 2.75) is 32.2 Å². The van der Waals surface area contributed by atoms with Crippen LogP contribution in [0.1, 0.15) is 24.8 Å². The quantitative estimate of drug-likeness (QED) is 0.883. The second-order valence-corrected chi connectivity index (χ2v) is 6.56. The standard InChI is InChI=1S/C13H18N2O4S/c1-10-5-4-6-11(9-10)14-20(18,19)15-8-3-2-7-12(15)13(16)17/h4-6,9,12,14H,2-3,7-8H2,1H3,(H,16,17). The highest BCUT2D eigenvalue weighted by Gasteiger charge is 2.36.